The highest BCUT2D eigenvalue weighted by atomic mass is 35.5. The average molecular weight is 186 g/mol. The Bertz CT molecular complexity index is 278. The molecule has 1 aliphatic carbocycles. The predicted octanol–water partition coefficient (Wildman–Crippen LogP) is 1.38. The van der Waals surface area contributed by atoms with Crippen LogP contribution in [-0.4, -0.2) is 20.9 Å². The van der Waals surface area contributed by atoms with Gasteiger partial charge in [-0.25, -0.2) is 0 Å². The van der Waals surface area contributed by atoms with Crippen LogP contribution >= 0.6 is 11.6 Å². The number of hydrogen-bond donors (Lipinski definition) is 0. The van der Waals surface area contributed by atoms with Gasteiger partial charge in [-0.1, -0.05) is 5.21 Å². The lowest BCUT2D eigenvalue weighted by Gasteiger charge is -2.06. The van der Waals surface area contributed by atoms with Gasteiger partial charge in [0.05, 0.1) is 5.69 Å². The zero-order valence-electron chi connectivity index (χ0n) is 7.13. The molecule has 1 fully saturated rings. The zero-order chi connectivity index (χ0) is 8.60. The van der Waals surface area contributed by atoms with Crippen molar-refractivity contribution in [2.45, 2.75) is 19.3 Å². The van der Waals surface area contributed by atoms with Crippen LogP contribution in [0.5, 0.6) is 0 Å². The second kappa shape index (κ2) is 2.73. The molecule has 0 unspecified atom stereocenters. The van der Waals surface area contributed by atoms with Gasteiger partial charge >= 0.3 is 0 Å². The van der Waals surface area contributed by atoms with Gasteiger partial charge < -0.3 is 0 Å². The first-order valence-corrected chi connectivity index (χ1v) is 4.69. The fourth-order valence-corrected chi connectivity index (χ4v) is 1.76. The molecule has 0 aliphatic heterocycles. The number of alkyl halides is 1. The van der Waals surface area contributed by atoms with E-state index in [4.69, 9.17) is 11.6 Å². The fourth-order valence-electron chi connectivity index (χ4n) is 1.39. The van der Waals surface area contributed by atoms with E-state index in [1.165, 1.54) is 12.8 Å². The first-order chi connectivity index (χ1) is 5.74. The second-order valence-corrected chi connectivity index (χ2v) is 3.96. The van der Waals surface area contributed by atoms with Crippen LogP contribution in [0.1, 0.15) is 18.5 Å². The van der Waals surface area contributed by atoms with Gasteiger partial charge in [0.2, 0.25) is 0 Å². The summed E-state index contributed by atoms with van der Waals surface area (Å²) in [6, 6.07) is 0. The van der Waals surface area contributed by atoms with E-state index in [1.807, 2.05) is 13.2 Å². The van der Waals surface area contributed by atoms with Crippen LogP contribution in [0, 0.1) is 5.41 Å². The lowest BCUT2D eigenvalue weighted by atomic mass is 10.0. The highest BCUT2D eigenvalue weighted by molar-refractivity contribution is 6.18. The summed E-state index contributed by atoms with van der Waals surface area (Å²) < 4.78 is 1.74. The van der Waals surface area contributed by atoms with E-state index in [1.54, 1.807) is 4.68 Å². The van der Waals surface area contributed by atoms with E-state index < -0.39 is 0 Å². The summed E-state index contributed by atoms with van der Waals surface area (Å²) in [4.78, 5) is 0. The molecule has 0 saturated heterocycles. The van der Waals surface area contributed by atoms with Gasteiger partial charge in [0.1, 0.15) is 0 Å². The van der Waals surface area contributed by atoms with Crippen LogP contribution in [0.2, 0.25) is 0 Å². The third kappa shape index (κ3) is 1.46. The molecule has 0 atom stereocenters. The van der Waals surface area contributed by atoms with Crippen molar-refractivity contribution in [3.05, 3.63) is 11.9 Å². The molecule has 12 heavy (non-hydrogen) atoms. The monoisotopic (exact) mass is 185 g/mol. The Balaban J connectivity index is 2.04. The van der Waals surface area contributed by atoms with Crippen molar-refractivity contribution in [3.8, 4) is 0 Å². The molecule has 0 amide bonds. The van der Waals surface area contributed by atoms with Crippen LogP contribution in [0.15, 0.2) is 6.20 Å². The van der Waals surface area contributed by atoms with Gasteiger partial charge in [-0.3, -0.25) is 4.68 Å². The topological polar surface area (TPSA) is 30.7 Å². The van der Waals surface area contributed by atoms with E-state index in [0.29, 0.717) is 5.41 Å². The van der Waals surface area contributed by atoms with E-state index in [0.717, 1.165) is 18.0 Å². The van der Waals surface area contributed by atoms with Crippen molar-refractivity contribution in [3.63, 3.8) is 0 Å². The highest BCUT2D eigenvalue weighted by Crippen LogP contribution is 2.48. The summed E-state index contributed by atoms with van der Waals surface area (Å²) >= 11 is 5.86. The van der Waals surface area contributed by atoms with Gasteiger partial charge in [-0.2, -0.15) is 0 Å². The summed E-state index contributed by atoms with van der Waals surface area (Å²) in [6.07, 6.45) is 5.44. The SMILES string of the molecule is Cn1cc(CC2(CCl)CC2)nn1. The lowest BCUT2D eigenvalue weighted by Crippen LogP contribution is -2.06. The standard InChI is InChI=1S/C8H12ClN3/c1-12-5-7(10-11-12)4-8(6-9)2-3-8/h5H,2-4,6H2,1H3. The third-order valence-electron chi connectivity index (χ3n) is 2.45. The first kappa shape index (κ1) is 8.05. The maximum absolute atomic E-state index is 5.86. The Hall–Kier alpha value is -0.570. The molecule has 1 aliphatic rings. The third-order valence-corrected chi connectivity index (χ3v) is 3.01. The molecule has 1 aromatic rings. The first-order valence-electron chi connectivity index (χ1n) is 4.15. The van der Waals surface area contributed by atoms with Crippen LogP contribution < -0.4 is 0 Å². The summed E-state index contributed by atoms with van der Waals surface area (Å²) in [7, 11) is 1.89. The fraction of sp³-hybridized carbons (Fsp3) is 0.750. The van der Waals surface area contributed by atoms with E-state index >= 15 is 0 Å². The smallest absolute Gasteiger partial charge is 0.0832 e. The maximum Gasteiger partial charge on any atom is 0.0832 e. The van der Waals surface area contributed by atoms with Gasteiger partial charge in [-0.05, 0) is 24.7 Å². The molecule has 3 nitrogen and oxygen atoms in total. The van der Waals surface area contributed by atoms with Crippen molar-refractivity contribution < 1.29 is 0 Å². The van der Waals surface area contributed by atoms with Crippen LogP contribution in [-0.2, 0) is 13.5 Å². The Morgan fingerprint density at radius 1 is 1.67 bits per heavy atom. The molecule has 0 N–H and O–H groups in total. The molecular formula is C8H12ClN3. The normalized spacial score (nSPS) is 19.5. The Morgan fingerprint density at radius 2 is 2.42 bits per heavy atom. The molecule has 4 heteroatoms. The summed E-state index contributed by atoms with van der Waals surface area (Å²) in [6.45, 7) is 0. The minimum absolute atomic E-state index is 0.359. The number of halogens is 1. The average Bonchev–Trinajstić information content (AvgIpc) is 2.71. The van der Waals surface area contributed by atoms with E-state index in [9.17, 15) is 0 Å². The number of rotatable bonds is 3. The minimum Gasteiger partial charge on any atom is -0.255 e. The number of hydrogen-bond acceptors (Lipinski definition) is 2. The molecule has 1 saturated carbocycles. The molecular weight excluding hydrogens is 174 g/mol. The zero-order valence-corrected chi connectivity index (χ0v) is 7.88. The largest absolute Gasteiger partial charge is 0.255 e. The summed E-state index contributed by atoms with van der Waals surface area (Å²) in [5, 5.41) is 7.93. The van der Waals surface area contributed by atoms with Gasteiger partial charge in [0.25, 0.3) is 0 Å². The van der Waals surface area contributed by atoms with Crippen molar-refractivity contribution in [1.82, 2.24) is 15.0 Å². The molecule has 1 aromatic heterocycles. The minimum atomic E-state index is 0.359. The molecule has 0 aromatic carbocycles. The molecule has 66 valence electrons. The molecule has 0 spiro atoms. The Labute approximate surface area is 76.7 Å². The molecule has 0 bridgehead atoms. The number of aromatic nitrogens is 3. The van der Waals surface area contributed by atoms with Crippen molar-refractivity contribution in [1.29, 1.82) is 0 Å². The van der Waals surface area contributed by atoms with Gasteiger partial charge in [0, 0.05) is 19.1 Å². The van der Waals surface area contributed by atoms with Gasteiger partial charge in [-0.15, -0.1) is 16.7 Å². The van der Waals surface area contributed by atoms with Crippen molar-refractivity contribution in [2.75, 3.05) is 5.88 Å². The summed E-state index contributed by atoms with van der Waals surface area (Å²) in [5.41, 5.74) is 1.42. The number of aryl methyl sites for hydroxylation is 1. The number of nitrogens with zero attached hydrogens (tertiary/aromatic N) is 3. The van der Waals surface area contributed by atoms with Crippen molar-refractivity contribution in [2.24, 2.45) is 12.5 Å². The summed E-state index contributed by atoms with van der Waals surface area (Å²) in [5.74, 6) is 0.754. The second-order valence-electron chi connectivity index (χ2n) is 3.69. The Morgan fingerprint density at radius 3 is 2.83 bits per heavy atom. The van der Waals surface area contributed by atoms with E-state index in [2.05, 4.69) is 10.3 Å². The lowest BCUT2D eigenvalue weighted by molar-refractivity contribution is 0.567. The Kier molecular flexibility index (Phi) is 1.83. The van der Waals surface area contributed by atoms with Crippen LogP contribution in [0.4, 0.5) is 0 Å². The van der Waals surface area contributed by atoms with Gasteiger partial charge in [0.15, 0.2) is 0 Å². The highest BCUT2D eigenvalue weighted by Gasteiger charge is 2.42. The van der Waals surface area contributed by atoms with E-state index in [-0.39, 0.29) is 0 Å². The predicted molar refractivity (Wildman–Crippen MR) is 47.1 cm³/mol. The van der Waals surface area contributed by atoms with Crippen LogP contribution in [0.25, 0.3) is 0 Å². The maximum atomic E-state index is 5.86. The van der Waals surface area contributed by atoms with Crippen LogP contribution in [0.3, 0.4) is 0 Å². The molecule has 1 heterocycles. The molecule has 0 radical (unpaired) electrons. The van der Waals surface area contributed by atoms with Crippen molar-refractivity contribution >= 4 is 11.6 Å². The quantitative estimate of drug-likeness (QED) is 0.667. The molecule has 2 rings (SSSR count).